The fourth-order valence-corrected chi connectivity index (χ4v) is 6.26. The van der Waals surface area contributed by atoms with Crippen molar-refractivity contribution in [3.8, 4) is 22.5 Å². The summed E-state index contributed by atoms with van der Waals surface area (Å²) in [7, 11) is 0. The number of halogens is 1. The van der Waals surface area contributed by atoms with Gasteiger partial charge in [-0.2, -0.15) is 10.3 Å². The van der Waals surface area contributed by atoms with E-state index in [2.05, 4.69) is 74.4 Å². The highest BCUT2D eigenvalue weighted by Crippen LogP contribution is 2.46. The van der Waals surface area contributed by atoms with Crippen LogP contribution in [0.25, 0.3) is 22.5 Å². The number of H-pyrrole nitrogens is 1. The lowest BCUT2D eigenvalue weighted by atomic mass is 9.93. The number of aromatic amines is 1. The number of aromatic nitrogens is 6. The van der Waals surface area contributed by atoms with Crippen LogP contribution in [0.3, 0.4) is 0 Å². The van der Waals surface area contributed by atoms with Crippen LogP contribution in [0.4, 0.5) is 0 Å². The zero-order chi connectivity index (χ0) is 25.4. The van der Waals surface area contributed by atoms with Crippen molar-refractivity contribution in [3.05, 3.63) is 70.8 Å². The summed E-state index contributed by atoms with van der Waals surface area (Å²) >= 11 is 6.84. The summed E-state index contributed by atoms with van der Waals surface area (Å²) in [4.78, 5) is 11.4. The molecule has 2 aliphatic rings. The Bertz CT molecular complexity index is 1350. The highest BCUT2D eigenvalue weighted by Gasteiger charge is 2.48. The number of aryl methyl sites for hydroxylation is 1. The highest BCUT2D eigenvalue weighted by molar-refractivity contribution is 6.30. The molecular formula is C28H32ClN7O. The molecule has 4 aromatic rings. The number of tetrazole rings is 1. The molecule has 0 aliphatic carbocycles. The average molecular weight is 518 g/mol. The lowest BCUT2D eigenvalue weighted by molar-refractivity contribution is -0.194. The van der Waals surface area contributed by atoms with Gasteiger partial charge in [-0.05, 0) is 48.1 Å². The topological polar surface area (TPSA) is 84.8 Å². The van der Waals surface area contributed by atoms with Gasteiger partial charge in [-0.15, -0.1) is 10.2 Å². The zero-order valence-electron chi connectivity index (χ0n) is 21.3. The number of hydrogen-bond donors (Lipinski definition) is 1. The quantitative estimate of drug-likeness (QED) is 0.318. The lowest BCUT2D eigenvalue weighted by Crippen LogP contribution is -2.29. The second kappa shape index (κ2) is 10.0. The minimum atomic E-state index is -0.469. The van der Waals surface area contributed by atoms with Crippen LogP contribution in [0.1, 0.15) is 63.0 Å². The Morgan fingerprint density at radius 2 is 1.95 bits per heavy atom. The van der Waals surface area contributed by atoms with E-state index in [0.717, 1.165) is 60.4 Å². The Kier molecular flexibility index (Phi) is 6.56. The monoisotopic (exact) mass is 517 g/mol. The van der Waals surface area contributed by atoms with Gasteiger partial charge in [0.15, 0.2) is 5.15 Å². The maximum atomic E-state index is 6.84. The Morgan fingerprint density at radius 3 is 2.68 bits per heavy atom. The average Bonchev–Trinajstić information content (AvgIpc) is 3.68. The molecule has 2 aromatic heterocycles. The molecule has 2 unspecified atom stereocenters. The minimum Gasteiger partial charge on any atom is -0.324 e. The van der Waals surface area contributed by atoms with Crippen molar-refractivity contribution in [2.75, 3.05) is 6.54 Å². The van der Waals surface area contributed by atoms with Gasteiger partial charge in [0.05, 0.1) is 5.69 Å². The fourth-order valence-electron chi connectivity index (χ4n) is 5.86. The van der Waals surface area contributed by atoms with Gasteiger partial charge < -0.3 is 4.57 Å². The smallest absolute Gasteiger partial charge is 0.205 e. The van der Waals surface area contributed by atoms with Gasteiger partial charge in [0.2, 0.25) is 5.82 Å². The molecule has 8 nitrogen and oxygen atoms in total. The van der Waals surface area contributed by atoms with Crippen molar-refractivity contribution >= 4 is 11.6 Å². The van der Waals surface area contributed by atoms with Gasteiger partial charge in [0.25, 0.3) is 0 Å². The molecule has 37 heavy (non-hydrogen) atoms. The summed E-state index contributed by atoms with van der Waals surface area (Å²) in [6, 6.07) is 17.2. The summed E-state index contributed by atoms with van der Waals surface area (Å²) < 4.78 is 2.31. The summed E-state index contributed by atoms with van der Waals surface area (Å²) in [5, 5.41) is 17.3. The van der Waals surface area contributed by atoms with Crippen LogP contribution in [-0.2, 0) is 23.4 Å². The molecule has 0 bridgehead atoms. The number of nitrogens with zero attached hydrogens (tertiary/aromatic N) is 6. The van der Waals surface area contributed by atoms with Crippen molar-refractivity contribution < 1.29 is 4.84 Å². The molecule has 0 saturated carbocycles. The van der Waals surface area contributed by atoms with E-state index in [4.69, 9.17) is 21.4 Å². The summed E-state index contributed by atoms with van der Waals surface area (Å²) in [6.45, 7) is 6.06. The maximum Gasteiger partial charge on any atom is 0.205 e. The molecule has 0 spiro atoms. The first-order valence-electron chi connectivity index (χ1n) is 13.2. The third kappa shape index (κ3) is 4.58. The van der Waals surface area contributed by atoms with E-state index in [-0.39, 0.29) is 0 Å². The second-order valence-corrected chi connectivity index (χ2v) is 10.7. The van der Waals surface area contributed by atoms with Crippen LogP contribution in [-0.4, -0.2) is 47.8 Å². The van der Waals surface area contributed by atoms with Crippen LogP contribution in [0.2, 0.25) is 5.15 Å². The zero-order valence-corrected chi connectivity index (χ0v) is 22.1. The predicted molar refractivity (Wildman–Crippen MR) is 143 cm³/mol. The van der Waals surface area contributed by atoms with E-state index in [0.29, 0.717) is 23.6 Å². The molecule has 2 saturated heterocycles. The van der Waals surface area contributed by atoms with Crippen molar-refractivity contribution in [2.24, 2.45) is 0 Å². The molecular weight excluding hydrogens is 486 g/mol. The molecule has 2 fully saturated rings. The lowest BCUT2D eigenvalue weighted by Gasteiger charge is -2.27. The molecule has 0 amide bonds. The van der Waals surface area contributed by atoms with Gasteiger partial charge in [0.1, 0.15) is 11.4 Å². The first-order valence-corrected chi connectivity index (χ1v) is 13.6. The third-order valence-corrected chi connectivity index (χ3v) is 7.91. The van der Waals surface area contributed by atoms with E-state index in [9.17, 15) is 0 Å². The van der Waals surface area contributed by atoms with Gasteiger partial charge in [-0.25, -0.2) is 4.98 Å². The first kappa shape index (κ1) is 24.3. The minimum absolute atomic E-state index is 0.460. The summed E-state index contributed by atoms with van der Waals surface area (Å²) in [5.41, 5.74) is 4.84. The molecule has 9 heteroatoms. The Morgan fingerprint density at radius 1 is 1.14 bits per heavy atom. The van der Waals surface area contributed by atoms with E-state index < -0.39 is 5.60 Å². The molecule has 2 atom stereocenters. The third-order valence-electron chi connectivity index (χ3n) is 7.64. The van der Waals surface area contributed by atoms with Crippen LogP contribution in [0.5, 0.6) is 0 Å². The van der Waals surface area contributed by atoms with E-state index in [1.165, 1.54) is 18.4 Å². The van der Waals surface area contributed by atoms with E-state index >= 15 is 0 Å². The molecule has 192 valence electrons. The van der Waals surface area contributed by atoms with Crippen molar-refractivity contribution in [2.45, 2.75) is 70.6 Å². The number of nitrogens with one attached hydrogen (secondary N) is 1. The number of hydroxylamine groups is 2. The standard InChI is InChI=1S/C28H32ClN7O/c1-3-4-11-24-30-26(29)25(28(2)17-21-8-7-16-36(21)37-28)35(24)18-19-12-14-20(15-13-19)22-9-5-6-10-23(22)27-31-33-34-32-27/h5-6,9-10,12-15,21H,3-4,7-8,11,16-18H2,1-2H3,(H,31,32,33,34). The van der Waals surface area contributed by atoms with Gasteiger partial charge in [-0.1, -0.05) is 73.5 Å². The Hall–Kier alpha value is -3.07. The normalized spacial score (nSPS) is 21.5. The number of hydrogen-bond acceptors (Lipinski definition) is 6. The van der Waals surface area contributed by atoms with E-state index in [1.54, 1.807) is 0 Å². The highest BCUT2D eigenvalue weighted by atomic mass is 35.5. The molecule has 1 N–H and O–H groups in total. The van der Waals surface area contributed by atoms with Crippen molar-refractivity contribution in [1.29, 1.82) is 0 Å². The molecule has 2 aromatic carbocycles. The molecule has 4 heterocycles. The van der Waals surface area contributed by atoms with Gasteiger partial charge in [0, 0.05) is 37.5 Å². The second-order valence-electron chi connectivity index (χ2n) is 10.3. The Balaban J connectivity index is 1.32. The number of unbranched alkanes of at least 4 members (excludes halogenated alkanes) is 1. The molecule has 6 rings (SSSR count). The predicted octanol–water partition coefficient (Wildman–Crippen LogP) is 5.79. The fraction of sp³-hybridized carbons (Fsp3) is 0.429. The van der Waals surface area contributed by atoms with Crippen molar-refractivity contribution in [1.82, 2.24) is 35.2 Å². The van der Waals surface area contributed by atoms with Gasteiger partial charge >= 0.3 is 0 Å². The Labute approximate surface area is 222 Å². The first-order chi connectivity index (χ1) is 18.1. The maximum absolute atomic E-state index is 6.84. The summed E-state index contributed by atoms with van der Waals surface area (Å²) in [6.07, 6.45) is 6.39. The van der Waals surface area contributed by atoms with Crippen LogP contribution >= 0.6 is 11.6 Å². The number of rotatable bonds is 8. The van der Waals surface area contributed by atoms with Crippen LogP contribution < -0.4 is 0 Å². The van der Waals surface area contributed by atoms with Gasteiger partial charge in [-0.3, -0.25) is 4.84 Å². The molecule has 0 radical (unpaired) electrons. The van der Waals surface area contributed by atoms with E-state index in [1.807, 2.05) is 18.2 Å². The number of fused-ring (bicyclic) bond motifs is 1. The van der Waals surface area contributed by atoms with Crippen molar-refractivity contribution in [3.63, 3.8) is 0 Å². The molecule has 2 aliphatic heterocycles. The largest absolute Gasteiger partial charge is 0.324 e. The van der Waals surface area contributed by atoms with Crippen LogP contribution in [0.15, 0.2) is 48.5 Å². The summed E-state index contributed by atoms with van der Waals surface area (Å²) in [5.74, 6) is 1.62. The number of benzene rings is 2. The SMILES string of the molecule is CCCCc1nc(Cl)c(C2(C)CC3CCCN3O2)n1Cc1ccc(-c2ccccc2-c2nn[nH]n2)cc1. The number of imidazole rings is 1. The van der Waals surface area contributed by atoms with Crippen LogP contribution in [0, 0.1) is 0 Å².